The topological polar surface area (TPSA) is 83.7 Å². The predicted octanol–water partition coefficient (Wildman–Crippen LogP) is 3.21. The van der Waals surface area contributed by atoms with Gasteiger partial charge in [0.15, 0.2) is 0 Å². The number of amides is 1. The van der Waals surface area contributed by atoms with Gasteiger partial charge in [-0.05, 0) is 56.5 Å². The van der Waals surface area contributed by atoms with Crippen LogP contribution in [0.2, 0.25) is 0 Å². The quantitative estimate of drug-likeness (QED) is 0.645. The first-order valence-corrected chi connectivity index (χ1v) is 13.0. The molecule has 9 heteroatoms. The maximum atomic E-state index is 13.2. The molecule has 1 atom stereocenters. The number of nitrogens with one attached hydrogen (secondary N) is 1. The van der Waals surface area contributed by atoms with Crippen LogP contribution in [-0.2, 0) is 9.53 Å². The van der Waals surface area contributed by atoms with E-state index in [9.17, 15) is 9.18 Å². The van der Waals surface area contributed by atoms with Gasteiger partial charge in [0.25, 0.3) is 0 Å². The lowest BCUT2D eigenvalue weighted by atomic mass is 9.79. The molecule has 35 heavy (non-hydrogen) atoms. The van der Waals surface area contributed by atoms with Crippen LogP contribution in [-0.4, -0.2) is 83.9 Å². The van der Waals surface area contributed by atoms with Crippen molar-refractivity contribution in [1.29, 1.82) is 0 Å². The molecule has 1 aromatic carbocycles. The number of carbonyl (C=O) groups excluding carboxylic acids is 1. The summed E-state index contributed by atoms with van der Waals surface area (Å²) in [4.78, 5) is 22.3. The zero-order valence-corrected chi connectivity index (χ0v) is 20.4. The number of nitrogens with zero attached hydrogens (tertiary/aromatic N) is 4. The molecule has 3 aliphatic rings. The zero-order chi connectivity index (χ0) is 24.1. The van der Waals surface area contributed by atoms with E-state index in [0.29, 0.717) is 31.3 Å². The van der Waals surface area contributed by atoms with E-state index < -0.39 is 0 Å². The van der Waals surface area contributed by atoms with Crippen LogP contribution in [0.3, 0.4) is 0 Å². The third-order valence-corrected chi connectivity index (χ3v) is 7.85. The monoisotopic (exact) mass is 485 g/mol. The molecule has 0 spiro atoms. The van der Waals surface area contributed by atoms with Gasteiger partial charge in [0.2, 0.25) is 17.6 Å². The van der Waals surface area contributed by atoms with E-state index in [0.717, 1.165) is 64.1 Å². The minimum Gasteiger partial charge on any atom is -0.379 e. The lowest BCUT2D eigenvalue weighted by Gasteiger charge is -2.48. The van der Waals surface area contributed by atoms with Crippen LogP contribution in [0.1, 0.15) is 56.8 Å². The minimum absolute atomic E-state index is 0.0721. The Kier molecular flexibility index (Phi) is 7.75. The summed E-state index contributed by atoms with van der Waals surface area (Å²) in [6.45, 7) is 6.17. The van der Waals surface area contributed by atoms with E-state index >= 15 is 0 Å². The summed E-state index contributed by atoms with van der Waals surface area (Å²) in [5.41, 5.74) is 0.799. The van der Waals surface area contributed by atoms with Crippen molar-refractivity contribution in [3.05, 3.63) is 36.0 Å². The van der Waals surface area contributed by atoms with Gasteiger partial charge in [0.1, 0.15) is 5.82 Å². The van der Waals surface area contributed by atoms with Gasteiger partial charge in [0.05, 0.1) is 25.7 Å². The molecule has 2 aliphatic heterocycles. The van der Waals surface area contributed by atoms with E-state index in [1.807, 2.05) is 0 Å². The first-order chi connectivity index (χ1) is 17.1. The lowest BCUT2D eigenvalue weighted by molar-refractivity contribution is -0.123. The van der Waals surface area contributed by atoms with E-state index in [2.05, 4.69) is 25.3 Å². The third-order valence-electron chi connectivity index (χ3n) is 7.85. The lowest BCUT2D eigenvalue weighted by Crippen LogP contribution is -2.60. The van der Waals surface area contributed by atoms with Crippen molar-refractivity contribution in [2.45, 2.75) is 56.4 Å². The second-order valence-corrected chi connectivity index (χ2v) is 10.2. The van der Waals surface area contributed by atoms with Gasteiger partial charge in [-0.3, -0.25) is 14.6 Å². The van der Waals surface area contributed by atoms with E-state index in [4.69, 9.17) is 9.26 Å². The van der Waals surface area contributed by atoms with Crippen molar-refractivity contribution >= 4 is 5.91 Å². The van der Waals surface area contributed by atoms with Gasteiger partial charge in [0, 0.05) is 37.3 Å². The number of carbonyl (C=O) groups is 1. The first-order valence-electron chi connectivity index (χ1n) is 13.0. The van der Waals surface area contributed by atoms with Crippen LogP contribution < -0.4 is 5.32 Å². The maximum absolute atomic E-state index is 13.2. The molecule has 0 bridgehead atoms. The molecule has 0 radical (unpaired) electrons. The predicted molar refractivity (Wildman–Crippen MR) is 129 cm³/mol. The van der Waals surface area contributed by atoms with Crippen LogP contribution in [0.5, 0.6) is 0 Å². The molecule has 1 aromatic heterocycles. The molecule has 190 valence electrons. The van der Waals surface area contributed by atoms with Gasteiger partial charge < -0.3 is 14.6 Å². The second kappa shape index (κ2) is 11.1. The average molecular weight is 486 g/mol. The van der Waals surface area contributed by atoms with Crippen molar-refractivity contribution < 1.29 is 18.4 Å². The highest BCUT2D eigenvalue weighted by molar-refractivity contribution is 5.78. The smallest absolute Gasteiger partial charge is 0.234 e. The fraction of sp³-hybridized carbons (Fsp3) is 0.654. The highest BCUT2D eigenvalue weighted by Gasteiger charge is 2.39. The number of aromatic nitrogens is 2. The van der Waals surface area contributed by atoms with Gasteiger partial charge >= 0.3 is 0 Å². The highest BCUT2D eigenvalue weighted by atomic mass is 19.1. The number of rotatable bonds is 7. The summed E-state index contributed by atoms with van der Waals surface area (Å²) in [5.74, 6) is 0.939. The Bertz CT molecular complexity index is 970. The summed E-state index contributed by atoms with van der Waals surface area (Å²) in [6, 6.07) is 6.08. The number of ether oxygens (including phenoxy) is 1. The van der Waals surface area contributed by atoms with Crippen LogP contribution in [0, 0.1) is 5.82 Å². The Hall–Kier alpha value is -2.36. The Labute approximate surface area is 206 Å². The number of piperidine rings is 1. The summed E-state index contributed by atoms with van der Waals surface area (Å²) in [6.07, 6.45) is 7.95. The van der Waals surface area contributed by atoms with E-state index in [-0.39, 0.29) is 23.2 Å². The molecule has 1 unspecified atom stereocenters. The molecule has 2 aromatic rings. The molecule has 8 nitrogen and oxygen atoms in total. The number of likely N-dealkylation sites (tertiary alicyclic amines) is 1. The van der Waals surface area contributed by atoms with E-state index in [1.165, 1.54) is 31.4 Å². The molecule has 5 rings (SSSR count). The fourth-order valence-electron chi connectivity index (χ4n) is 5.89. The normalized spacial score (nSPS) is 23.7. The molecule has 1 saturated carbocycles. The van der Waals surface area contributed by atoms with Gasteiger partial charge in [-0.15, -0.1) is 0 Å². The maximum Gasteiger partial charge on any atom is 0.234 e. The summed E-state index contributed by atoms with van der Waals surface area (Å²) < 4.78 is 24.3. The number of morpholine rings is 1. The number of hydrogen-bond acceptors (Lipinski definition) is 7. The number of hydrogen-bond donors (Lipinski definition) is 1. The first kappa shape index (κ1) is 24.3. The highest BCUT2D eigenvalue weighted by Crippen LogP contribution is 2.34. The zero-order valence-electron chi connectivity index (χ0n) is 20.4. The Morgan fingerprint density at radius 2 is 1.86 bits per heavy atom. The second-order valence-electron chi connectivity index (χ2n) is 10.2. The van der Waals surface area contributed by atoms with Crippen molar-refractivity contribution in [1.82, 2.24) is 25.3 Å². The third kappa shape index (κ3) is 5.90. The summed E-state index contributed by atoms with van der Waals surface area (Å²) >= 11 is 0. The summed E-state index contributed by atoms with van der Waals surface area (Å²) in [5, 5.41) is 7.37. The van der Waals surface area contributed by atoms with Gasteiger partial charge in [-0.25, -0.2) is 4.39 Å². The number of benzene rings is 1. The Balaban J connectivity index is 1.15. The summed E-state index contributed by atoms with van der Waals surface area (Å²) in [7, 11) is 0. The molecule has 3 heterocycles. The molecular weight excluding hydrogens is 449 g/mol. The molecular formula is C26H36FN5O3. The standard InChI is InChI=1S/C26H36FN5O3/c27-22-8-6-20(7-9-22)24-29-25(35-30-24)21-5-4-12-31(17-21)18-23(33)28-19-26(10-2-1-3-11-26)32-13-15-34-16-14-32/h6-9,21H,1-5,10-19H2,(H,28,33). The van der Waals surface area contributed by atoms with Crippen molar-refractivity contribution in [2.75, 3.05) is 52.5 Å². The average Bonchev–Trinajstić information content (AvgIpc) is 3.40. The Morgan fingerprint density at radius 3 is 2.63 bits per heavy atom. The van der Waals surface area contributed by atoms with Crippen molar-refractivity contribution in [3.63, 3.8) is 0 Å². The number of halogens is 1. The Morgan fingerprint density at radius 1 is 1.09 bits per heavy atom. The van der Waals surface area contributed by atoms with Crippen LogP contribution >= 0.6 is 0 Å². The molecule has 3 fully saturated rings. The van der Waals surface area contributed by atoms with Crippen LogP contribution in [0.4, 0.5) is 4.39 Å². The fourth-order valence-corrected chi connectivity index (χ4v) is 5.89. The van der Waals surface area contributed by atoms with Gasteiger partial charge in [-0.1, -0.05) is 24.4 Å². The van der Waals surface area contributed by atoms with Gasteiger partial charge in [-0.2, -0.15) is 4.98 Å². The SMILES string of the molecule is O=C(CN1CCCC(c2nc(-c3ccc(F)cc3)no2)C1)NCC1(N2CCOCC2)CCCCC1. The van der Waals surface area contributed by atoms with Crippen LogP contribution in [0.25, 0.3) is 11.4 Å². The van der Waals surface area contributed by atoms with Crippen molar-refractivity contribution in [2.24, 2.45) is 0 Å². The molecule has 1 N–H and O–H groups in total. The molecule has 2 saturated heterocycles. The largest absolute Gasteiger partial charge is 0.379 e. The van der Waals surface area contributed by atoms with E-state index in [1.54, 1.807) is 12.1 Å². The molecule has 1 aliphatic carbocycles. The molecule has 1 amide bonds. The van der Waals surface area contributed by atoms with Crippen molar-refractivity contribution in [3.8, 4) is 11.4 Å². The minimum atomic E-state index is -0.294. The van der Waals surface area contributed by atoms with Crippen LogP contribution in [0.15, 0.2) is 28.8 Å².